The van der Waals surface area contributed by atoms with E-state index in [2.05, 4.69) is 16.3 Å². The average Bonchev–Trinajstić information content (AvgIpc) is 3.11. The zero-order valence-corrected chi connectivity index (χ0v) is 23.7. The van der Waals surface area contributed by atoms with Crippen LogP contribution in [0.4, 0.5) is 0 Å². The van der Waals surface area contributed by atoms with Crippen molar-refractivity contribution in [3.8, 4) is 0 Å². The summed E-state index contributed by atoms with van der Waals surface area (Å²) in [6.45, 7) is 9.70. The Morgan fingerprint density at radius 2 is 2.03 bits per heavy atom. The Morgan fingerprint density at radius 3 is 2.62 bits per heavy atom. The van der Waals surface area contributed by atoms with Crippen molar-refractivity contribution >= 4 is 29.8 Å². The van der Waals surface area contributed by atoms with Gasteiger partial charge in [-0.15, -0.1) is 6.54 Å². The molecule has 11 heteroatoms. The normalized spacial score (nSPS) is 14.1. The number of aliphatic hydroxyl groups excluding tert-OH is 1. The summed E-state index contributed by atoms with van der Waals surface area (Å²) in [5, 5.41) is 12.2. The molecule has 1 aromatic carbocycles. The molecule has 1 unspecified atom stereocenters. The van der Waals surface area contributed by atoms with E-state index in [0.29, 0.717) is 35.7 Å². The molecule has 1 aromatic rings. The van der Waals surface area contributed by atoms with Crippen LogP contribution in [0.5, 0.6) is 0 Å². The van der Waals surface area contributed by atoms with E-state index in [4.69, 9.17) is 16.5 Å². The molecule has 0 radical (unpaired) electrons. The van der Waals surface area contributed by atoms with E-state index in [9.17, 15) is 19.5 Å². The van der Waals surface area contributed by atoms with Crippen molar-refractivity contribution in [3.63, 3.8) is 0 Å². The molecule has 0 aromatic heterocycles. The van der Waals surface area contributed by atoms with Crippen LogP contribution in [0.3, 0.4) is 0 Å². The van der Waals surface area contributed by atoms with E-state index in [1.54, 1.807) is 24.0 Å². The SMILES string of the molecule is C/C(O)=C(\C=C(/C)Cl)NO[N-]Cc1ccc2c(c1)CN(C(C)CCC(=O)NC=O)C2=O.CC.[W]. The number of halogens is 1. The molecule has 0 bridgehead atoms. The van der Waals surface area contributed by atoms with Gasteiger partial charge in [-0.3, -0.25) is 25.2 Å². The zero-order chi connectivity index (χ0) is 25.0. The zero-order valence-electron chi connectivity index (χ0n) is 20.1. The molecule has 3 N–H and O–H groups in total. The number of benzene rings is 1. The molecule has 1 aliphatic rings. The third kappa shape index (κ3) is 9.97. The number of nitrogens with one attached hydrogen (secondary N) is 2. The van der Waals surface area contributed by atoms with Gasteiger partial charge in [0, 0.05) is 50.7 Å². The molecule has 1 aliphatic heterocycles. The fourth-order valence-electron chi connectivity index (χ4n) is 3.08. The van der Waals surface area contributed by atoms with Crippen LogP contribution in [0.1, 0.15) is 68.9 Å². The maximum absolute atomic E-state index is 12.7. The minimum Gasteiger partial charge on any atom is -0.510 e. The Labute approximate surface area is 220 Å². The van der Waals surface area contributed by atoms with Crippen LogP contribution < -0.4 is 10.8 Å². The van der Waals surface area contributed by atoms with Crippen LogP contribution in [0.15, 0.2) is 40.8 Å². The molecule has 3 amide bonds. The molecular formula is C23H32ClN4O5W-. The number of fused-ring (bicyclic) bond motifs is 1. The standard InChI is InChI=1S/C21H26ClN4O5.C2H6.W/c1-13(22)8-19(15(3)28)25-31-24-10-16-5-6-18-17(9-16)11-26(21(18)30)14(2)4-7-20(29)23-12-27;1-2;/h5-6,8-9,12,14,25,28H,4,7,10-11H2,1-3H3,(H,23,27,29);1-2H3;/q-1;;/b13-8+,19-15-;;. The van der Waals surface area contributed by atoms with Crippen LogP contribution in [0.25, 0.3) is 5.48 Å². The van der Waals surface area contributed by atoms with Gasteiger partial charge in [-0.05, 0) is 44.9 Å². The fourth-order valence-corrected chi connectivity index (χ4v) is 3.19. The van der Waals surface area contributed by atoms with Crippen LogP contribution in [-0.4, -0.2) is 34.3 Å². The monoisotopic (exact) mass is 663 g/mol. The Morgan fingerprint density at radius 1 is 1.35 bits per heavy atom. The van der Waals surface area contributed by atoms with Crippen molar-refractivity contribution in [2.45, 2.75) is 66.6 Å². The topological polar surface area (TPSA) is 122 Å². The van der Waals surface area contributed by atoms with Crippen molar-refractivity contribution in [3.05, 3.63) is 62.9 Å². The van der Waals surface area contributed by atoms with Crippen LogP contribution in [0.2, 0.25) is 0 Å². The number of rotatable bonds is 11. The molecule has 1 heterocycles. The number of carbonyl (C=O) groups excluding carboxylic acids is 3. The Hall–Kier alpha value is -2.19. The number of nitrogens with zero attached hydrogens (tertiary/aromatic N) is 2. The van der Waals surface area contributed by atoms with E-state index >= 15 is 0 Å². The summed E-state index contributed by atoms with van der Waals surface area (Å²) in [6, 6.07) is 5.29. The second kappa shape index (κ2) is 16.4. The van der Waals surface area contributed by atoms with Gasteiger partial charge >= 0.3 is 0 Å². The summed E-state index contributed by atoms with van der Waals surface area (Å²) in [7, 11) is 0. The van der Waals surface area contributed by atoms with Crippen molar-refractivity contribution < 1.29 is 45.5 Å². The van der Waals surface area contributed by atoms with Gasteiger partial charge in [-0.1, -0.05) is 43.1 Å². The molecule has 0 saturated carbocycles. The smallest absolute Gasteiger partial charge is 0.254 e. The molecule has 0 saturated heterocycles. The van der Waals surface area contributed by atoms with Gasteiger partial charge in [0.15, 0.2) is 0 Å². The van der Waals surface area contributed by atoms with Gasteiger partial charge in [-0.2, -0.15) is 0 Å². The first-order chi connectivity index (χ1) is 15.7. The van der Waals surface area contributed by atoms with Gasteiger partial charge < -0.3 is 20.4 Å². The van der Waals surface area contributed by atoms with Crippen molar-refractivity contribution in [1.29, 1.82) is 0 Å². The maximum Gasteiger partial charge on any atom is 0.254 e. The van der Waals surface area contributed by atoms with Crippen molar-refractivity contribution in [1.82, 2.24) is 15.7 Å². The molecular weight excluding hydrogens is 632 g/mol. The van der Waals surface area contributed by atoms with E-state index in [1.165, 1.54) is 13.0 Å². The van der Waals surface area contributed by atoms with Crippen molar-refractivity contribution in [2.24, 2.45) is 0 Å². The number of hydrogen-bond acceptors (Lipinski definition) is 6. The number of hydroxylamine groups is 2. The van der Waals surface area contributed by atoms with Gasteiger partial charge in [0.2, 0.25) is 12.3 Å². The minimum absolute atomic E-state index is 0. The number of allylic oxidation sites excluding steroid dienone is 3. The first kappa shape index (κ1) is 31.8. The second-order valence-electron chi connectivity index (χ2n) is 7.21. The first-order valence-corrected chi connectivity index (χ1v) is 11.1. The van der Waals surface area contributed by atoms with Crippen molar-refractivity contribution in [2.75, 3.05) is 0 Å². The molecule has 2 rings (SSSR count). The van der Waals surface area contributed by atoms with Gasteiger partial charge in [-0.25, -0.2) is 0 Å². The molecule has 0 aliphatic carbocycles. The third-order valence-electron chi connectivity index (χ3n) is 4.74. The number of imide groups is 1. The summed E-state index contributed by atoms with van der Waals surface area (Å²) in [6.07, 6.45) is 2.48. The molecule has 1 atom stereocenters. The number of amides is 3. The Kier molecular flexibility index (Phi) is 15.4. The van der Waals surface area contributed by atoms with Gasteiger partial charge in [0.25, 0.3) is 5.91 Å². The number of hydrogen-bond donors (Lipinski definition) is 3. The van der Waals surface area contributed by atoms with Crippen LogP contribution in [-0.2, 0) is 48.7 Å². The van der Waals surface area contributed by atoms with Crippen LogP contribution in [0, 0.1) is 0 Å². The van der Waals surface area contributed by atoms with Gasteiger partial charge in [0.05, 0.1) is 5.70 Å². The predicted octanol–water partition coefficient (Wildman–Crippen LogP) is 4.35. The summed E-state index contributed by atoms with van der Waals surface area (Å²) in [4.78, 5) is 41.2. The predicted molar refractivity (Wildman–Crippen MR) is 127 cm³/mol. The molecule has 0 fully saturated rings. The van der Waals surface area contributed by atoms with Crippen LogP contribution >= 0.6 is 11.6 Å². The Balaban J connectivity index is 0.00000353. The van der Waals surface area contributed by atoms with E-state index in [1.807, 2.05) is 26.8 Å². The number of carbonyl (C=O) groups is 3. The largest absolute Gasteiger partial charge is 0.510 e. The molecule has 188 valence electrons. The molecule has 34 heavy (non-hydrogen) atoms. The molecule has 9 nitrogen and oxygen atoms in total. The molecule has 0 spiro atoms. The summed E-state index contributed by atoms with van der Waals surface area (Å²) >= 11 is 5.80. The second-order valence-corrected chi connectivity index (χ2v) is 7.80. The average molecular weight is 664 g/mol. The maximum atomic E-state index is 12.7. The summed E-state index contributed by atoms with van der Waals surface area (Å²) in [5.74, 6) is -0.449. The third-order valence-corrected chi connectivity index (χ3v) is 4.85. The van der Waals surface area contributed by atoms with E-state index in [0.717, 1.165) is 11.1 Å². The summed E-state index contributed by atoms with van der Waals surface area (Å²) < 4.78 is 0. The Bertz CT molecular complexity index is 899. The van der Waals surface area contributed by atoms with E-state index in [-0.39, 0.29) is 57.6 Å². The van der Waals surface area contributed by atoms with Gasteiger partial charge in [0.1, 0.15) is 5.76 Å². The minimum atomic E-state index is -0.366. The van der Waals surface area contributed by atoms with E-state index < -0.39 is 0 Å². The number of aliphatic hydroxyl groups is 1. The fraction of sp³-hybridized carbons (Fsp3) is 0.435. The quantitative estimate of drug-likeness (QED) is 0.106. The summed E-state index contributed by atoms with van der Waals surface area (Å²) in [5.41, 5.74) is 9.10. The first-order valence-electron chi connectivity index (χ1n) is 10.7.